The van der Waals surface area contributed by atoms with Gasteiger partial charge in [-0.3, -0.25) is 4.72 Å². The molecule has 0 spiro atoms. The average molecular weight is 409 g/mol. The number of hydrogen-bond acceptors (Lipinski definition) is 5. The van der Waals surface area contributed by atoms with Crippen molar-refractivity contribution in [2.75, 3.05) is 4.72 Å². The van der Waals surface area contributed by atoms with Gasteiger partial charge >= 0.3 is 0 Å². The van der Waals surface area contributed by atoms with E-state index in [1.165, 1.54) is 37.3 Å². The Morgan fingerprint density at radius 2 is 1.83 bits per heavy atom. The number of nitrogens with one attached hydrogen (secondary N) is 1. The lowest BCUT2D eigenvalue weighted by atomic mass is 10.1. The zero-order valence-corrected chi connectivity index (χ0v) is 14.8. The number of aryl methyl sites for hydroxylation is 1. The van der Waals surface area contributed by atoms with Crippen LogP contribution < -0.4 is 9.83 Å². The smallest absolute Gasteiger partial charge is 0.261 e. The summed E-state index contributed by atoms with van der Waals surface area (Å²) in [6.45, 7) is 1.51. The Morgan fingerprint density at radius 1 is 1.17 bits per heavy atom. The molecule has 0 aliphatic carbocycles. The molecule has 0 aliphatic heterocycles. The van der Waals surface area contributed by atoms with Crippen LogP contribution in [0.1, 0.15) is 16.1 Å². The molecule has 24 heavy (non-hydrogen) atoms. The van der Waals surface area contributed by atoms with Crippen LogP contribution in [0.15, 0.2) is 56.2 Å². The van der Waals surface area contributed by atoms with Gasteiger partial charge < -0.3 is 14.3 Å². The monoisotopic (exact) mass is 408 g/mol. The van der Waals surface area contributed by atoms with Gasteiger partial charge in [-0.05, 0) is 49.4 Å². The Kier molecular flexibility index (Phi) is 4.10. The number of aromatic carboxylic acids is 1. The summed E-state index contributed by atoms with van der Waals surface area (Å²) < 4.78 is 33.3. The molecule has 0 unspecified atom stereocenters. The van der Waals surface area contributed by atoms with E-state index in [1.807, 2.05) is 0 Å². The largest absolute Gasteiger partial charge is 0.545 e. The number of carboxylic acid groups (broad SMARTS) is 1. The molecule has 124 valence electrons. The number of anilines is 1. The first kappa shape index (κ1) is 16.5. The van der Waals surface area contributed by atoms with Crippen molar-refractivity contribution in [1.29, 1.82) is 0 Å². The van der Waals surface area contributed by atoms with E-state index in [1.54, 1.807) is 12.1 Å². The fraction of sp³-hybridized carbons (Fsp3) is 0.0625. The van der Waals surface area contributed by atoms with E-state index in [-0.39, 0.29) is 27.3 Å². The van der Waals surface area contributed by atoms with Crippen LogP contribution in [0.25, 0.3) is 11.0 Å². The highest BCUT2D eigenvalue weighted by molar-refractivity contribution is 9.10. The normalized spacial score (nSPS) is 11.6. The molecule has 0 atom stereocenters. The molecule has 2 aromatic carbocycles. The number of carbonyl (C=O) groups is 1. The molecule has 8 heteroatoms. The number of fused-ring (bicyclic) bond motifs is 1. The van der Waals surface area contributed by atoms with E-state index in [4.69, 9.17) is 4.42 Å². The van der Waals surface area contributed by atoms with Gasteiger partial charge in [0, 0.05) is 21.1 Å². The molecule has 0 saturated carbocycles. The van der Waals surface area contributed by atoms with Crippen molar-refractivity contribution < 1.29 is 22.7 Å². The standard InChI is InChI=1S/C16H12BrNO5S/c1-9-15(16(19)20)13-8-11(4-7-14(13)23-9)18-24(21,22)12-5-2-10(17)3-6-12/h2-8,18H,1H3,(H,19,20)/p-1. The number of carboxylic acids is 1. The second kappa shape index (κ2) is 5.95. The van der Waals surface area contributed by atoms with E-state index in [2.05, 4.69) is 20.7 Å². The molecule has 0 bridgehead atoms. The van der Waals surface area contributed by atoms with Gasteiger partial charge in [-0.25, -0.2) is 8.42 Å². The predicted octanol–water partition coefficient (Wildman–Crippen LogP) is 2.67. The Morgan fingerprint density at radius 3 is 2.46 bits per heavy atom. The maximum atomic E-state index is 12.4. The molecule has 0 amide bonds. The number of carbonyl (C=O) groups excluding carboxylic acids is 1. The van der Waals surface area contributed by atoms with Crippen LogP contribution in [0, 0.1) is 6.92 Å². The van der Waals surface area contributed by atoms with Gasteiger partial charge in [0.05, 0.1) is 10.9 Å². The van der Waals surface area contributed by atoms with Crippen molar-refractivity contribution >= 4 is 48.6 Å². The fourth-order valence-corrected chi connectivity index (χ4v) is 3.68. The number of rotatable bonds is 4. The van der Waals surface area contributed by atoms with Crippen LogP contribution in [0.5, 0.6) is 0 Å². The van der Waals surface area contributed by atoms with Crippen molar-refractivity contribution in [2.24, 2.45) is 0 Å². The van der Waals surface area contributed by atoms with E-state index >= 15 is 0 Å². The summed E-state index contributed by atoms with van der Waals surface area (Å²) in [5.41, 5.74) is 0.488. The molecule has 1 heterocycles. The molecule has 0 aliphatic rings. The summed E-state index contributed by atoms with van der Waals surface area (Å²) in [5.74, 6) is -1.17. The van der Waals surface area contributed by atoms with Crippen molar-refractivity contribution in [3.63, 3.8) is 0 Å². The molecule has 3 aromatic rings. The van der Waals surface area contributed by atoms with Gasteiger partial charge in [-0.1, -0.05) is 15.9 Å². The molecule has 1 N–H and O–H groups in total. The Hall–Kier alpha value is -2.32. The van der Waals surface area contributed by atoms with Crippen LogP contribution in [0.3, 0.4) is 0 Å². The summed E-state index contributed by atoms with van der Waals surface area (Å²) in [6, 6.07) is 10.6. The highest BCUT2D eigenvalue weighted by atomic mass is 79.9. The molecular weight excluding hydrogens is 398 g/mol. The summed E-state index contributed by atoms with van der Waals surface area (Å²) in [7, 11) is -3.79. The molecule has 0 saturated heterocycles. The van der Waals surface area contributed by atoms with Crippen molar-refractivity contribution in [3.05, 3.63) is 58.3 Å². The Balaban J connectivity index is 2.02. The lowest BCUT2D eigenvalue weighted by Crippen LogP contribution is -2.22. The first-order valence-electron chi connectivity index (χ1n) is 6.81. The molecule has 0 radical (unpaired) electrons. The summed E-state index contributed by atoms with van der Waals surface area (Å²) in [5, 5.41) is 11.5. The third kappa shape index (κ3) is 3.02. The molecular formula is C16H11BrNO5S-. The third-order valence-electron chi connectivity index (χ3n) is 3.44. The van der Waals surface area contributed by atoms with Crippen molar-refractivity contribution in [1.82, 2.24) is 0 Å². The third-order valence-corrected chi connectivity index (χ3v) is 5.37. The molecule has 6 nitrogen and oxygen atoms in total. The maximum Gasteiger partial charge on any atom is 0.261 e. The van der Waals surface area contributed by atoms with Crippen LogP contribution in [0.4, 0.5) is 5.69 Å². The van der Waals surface area contributed by atoms with E-state index < -0.39 is 16.0 Å². The zero-order valence-electron chi connectivity index (χ0n) is 12.4. The van der Waals surface area contributed by atoms with Crippen LogP contribution in [-0.2, 0) is 10.0 Å². The average Bonchev–Trinajstić information content (AvgIpc) is 2.82. The molecule has 0 fully saturated rings. The van der Waals surface area contributed by atoms with Gasteiger partial charge in [0.2, 0.25) is 0 Å². The Labute approximate surface area is 146 Å². The second-order valence-electron chi connectivity index (χ2n) is 5.09. The highest BCUT2D eigenvalue weighted by Gasteiger charge is 2.16. The van der Waals surface area contributed by atoms with E-state index in [9.17, 15) is 18.3 Å². The predicted molar refractivity (Wildman–Crippen MR) is 90.2 cm³/mol. The number of sulfonamides is 1. The lowest BCUT2D eigenvalue weighted by Gasteiger charge is -2.08. The summed E-state index contributed by atoms with van der Waals surface area (Å²) in [4.78, 5) is 11.3. The maximum absolute atomic E-state index is 12.4. The SMILES string of the molecule is Cc1oc2ccc(NS(=O)(=O)c3ccc(Br)cc3)cc2c1C(=O)[O-]. The first-order chi connectivity index (χ1) is 11.3. The van der Waals surface area contributed by atoms with Gasteiger partial charge in [0.15, 0.2) is 0 Å². The van der Waals surface area contributed by atoms with Gasteiger partial charge in [-0.15, -0.1) is 0 Å². The van der Waals surface area contributed by atoms with Gasteiger partial charge in [0.25, 0.3) is 10.0 Å². The molecule has 1 aromatic heterocycles. The number of hydrogen-bond donors (Lipinski definition) is 1. The fourth-order valence-electron chi connectivity index (χ4n) is 2.36. The van der Waals surface area contributed by atoms with E-state index in [0.29, 0.717) is 5.58 Å². The minimum Gasteiger partial charge on any atom is -0.545 e. The van der Waals surface area contributed by atoms with Crippen molar-refractivity contribution in [3.8, 4) is 0 Å². The highest BCUT2D eigenvalue weighted by Crippen LogP contribution is 2.29. The number of benzene rings is 2. The van der Waals surface area contributed by atoms with Crippen molar-refractivity contribution in [2.45, 2.75) is 11.8 Å². The number of halogens is 1. The first-order valence-corrected chi connectivity index (χ1v) is 9.08. The summed E-state index contributed by atoms with van der Waals surface area (Å²) >= 11 is 3.24. The summed E-state index contributed by atoms with van der Waals surface area (Å²) in [6.07, 6.45) is 0. The second-order valence-corrected chi connectivity index (χ2v) is 7.69. The van der Waals surface area contributed by atoms with Gasteiger partial charge in [-0.2, -0.15) is 0 Å². The minimum absolute atomic E-state index is 0.0883. The number of furan rings is 1. The van der Waals surface area contributed by atoms with Crippen LogP contribution in [-0.4, -0.2) is 14.4 Å². The lowest BCUT2D eigenvalue weighted by molar-refractivity contribution is -0.254. The zero-order chi connectivity index (χ0) is 17.5. The Bertz CT molecular complexity index is 1040. The quantitative estimate of drug-likeness (QED) is 0.714. The van der Waals surface area contributed by atoms with E-state index in [0.717, 1.165) is 4.47 Å². The van der Waals surface area contributed by atoms with Gasteiger partial charge in [0.1, 0.15) is 11.3 Å². The molecule has 3 rings (SSSR count). The van der Waals surface area contributed by atoms with Crippen LogP contribution >= 0.6 is 15.9 Å². The topological polar surface area (TPSA) is 99.4 Å². The van der Waals surface area contributed by atoms with Crippen LogP contribution in [0.2, 0.25) is 0 Å². The minimum atomic E-state index is -3.79.